The molecule has 1 atom stereocenters. The minimum Gasteiger partial charge on any atom is -0.406 e. The normalized spacial score (nSPS) is 15.6. The lowest BCUT2D eigenvalue weighted by Gasteiger charge is -2.28. The van der Waals surface area contributed by atoms with Crippen LogP contribution in [0.4, 0.5) is 13.2 Å². The van der Waals surface area contributed by atoms with E-state index in [-0.39, 0.29) is 17.3 Å². The Morgan fingerprint density at radius 1 is 1.25 bits per heavy atom. The van der Waals surface area contributed by atoms with Crippen molar-refractivity contribution in [3.8, 4) is 5.75 Å². The van der Waals surface area contributed by atoms with Crippen LogP contribution in [0.2, 0.25) is 0 Å². The van der Waals surface area contributed by atoms with E-state index in [0.29, 0.717) is 6.67 Å². The Bertz CT molecular complexity index is 571. The molecule has 7 heteroatoms. The van der Waals surface area contributed by atoms with Gasteiger partial charge in [0.2, 0.25) is 0 Å². The van der Waals surface area contributed by atoms with Gasteiger partial charge in [-0.3, -0.25) is 4.99 Å². The van der Waals surface area contributed by atoms with Crippen molar-refractivity contribution in [3.05, 3.63) is 42.1 Å². The standard InChI is InChI=1S/C13H13F3N2O.C4H11N/c1-10(18-7-3-6-17-9-18)11-4-2-5-12(8-11)19-13(14,15)16;1-4(2,3)5/h2-8,10H,9H2,1H3;5H2,1-3H3. The van der Waals surface area contributed by atoms with E-state index < -0.39 is 6.36 Å². The Kier molecular flexibility index (Phi) is 6.83. The monoisotopic (exact) mass is 343 g/mol. The lowest BCUT2D eigenvalue weighted by Crippen LogP contribution is -2.26. The minimum atomic E-state index is -4.67. The predicted octanol–water partition coefficient (Wildman–Crippen LogP) is 4.25. The van der Waals surface area contributed by atoms with Crippen LogP contribution in [-0.2, 0) is 0 Å². The van der Waals surface area contributed by atoms with Crippen molar-refractivity contribution in [2.75, 3.05) is 6.67 Å². The highest BCUT2D eigenvalue weighted by molar-refractivity contribution is 5.71. The topological polar surface area (TPSA) is 50.9 Å². The van der Waals surface area contributed by atoms with Crippen LogP contribution in [-0.4, -0.2) is 29.7 Å². The molecule has 0 aliphatic carbocycles. The van der Waals surface area contributed by atoms with Crippen LogP contribution >= 0.6 is 0 Å². The fraction of sp³-hybridized carbons (Fsp3) is 0.471. The Morgan fingerprint density at radius 2 is 1.88 bits per heavy atom. The summed E-state index contributed by atoms with van der Waals surface area (Å²) in [4.78, 5) is 6.01. The van der Waals surface area contributed by atoms with Gasteiger partial charge in [0.25, 0.3) is 0 Å². The van der Waals surface area contributed by atoms with Gasteiger partial charge < -0.3 is 15.4 Å². The number of benzene rings is 1. The fourth-order valence-electron chi connectivity index (χ4n) is 1.81. The lowest BCUT2D eigenvalue weighted by atomic mass is 10.1. The molecule has 134 valence electrons. The Morgan fingerprint density at radius 3 is 2.38 bits per heavy atom. The summed E-state index contributed by atoms with van der Waals surface area (Å²) in [5, 5.41) is 0. The third kappa shape index (κ3) is 8.57. The van der Waals surface area contributed by atoms with Gasteiger partial charge >= 0.3 is 6.36 Å². The molecule has 1 heterocycles. The molecule has 2 N–H and O–H groups in total. The van der Waals surface area contributed by atoms with E-state index in [0.717, 1.165) is 5.56 Å². The largest absolute Gasteiger partial charge is 0.573 e. The van der Waals surface area contributed by atoms with Gasteiger partial charge in [0.05, 0.1) is 6.04 Å². The molecule has 1 aromatic carbocycles. The average molecular weight is 343 g/mol. The molecule has 0 aromatic heterocycles. The number of halogens is 3. The Labute approximate surface area is 140 Å². The zero-order valence-electron chi connectivity index (χ0n) is 14.3. The van der Waals surface area contributed by atoms with Gasteiger partial charge in [0.15, 0.2) is 0 Å². The van der Waals surface area contributed by atoms with Crippen LogP contribution in [0.15, 0.2) is 41.5 Å². The molecule has 0 saturated carbocycles. The van der Waals surface area contributed by atoms with Gasteiger partial charge in [0, 0.05) is 18.0 Å². The molecule has 0 bridgehead atoms. The molecular formula is C17H24F3N3O. The van der Waals surface area contributed by atoms with E-state index in [2.05, 4.69) is 9.73 Å². The summed E-state index contributed by atoms with van der Waals surface area (Å²) in [5.74, 6) is -0.207. The van der Waals surface area contributed by atoms with E-state index in [1.54, 1.807) is 24.4 Å². The van der Waals surface area contributed by atoms with E-state index in [1.807, 2.05) is 38.8 Å². The minimum absolute atomic E-state index is 0. The zero-order valence-corrected chi connectivity index (χ0v) is 14.3. The molecule has 1 aliphatic rings. The maximum Gasteiger partial charge on any atom is 0.573 e. The van der Waals surface area contributed by atoms with Crippen molar-refractivity contribution in [3.63, 3.8) is 0 Å². The number of allylic oxidation sites excluding steroid dienone is 1. The fourth-order valence-corrected chi connectivity index (χ4v) is 1.81. The van der Waals surface area contributed by atoms with Crippen molar-refractivity contribution < 1.29 is 17.9 Å². The third-order valence-electron chi connectivity index (χ3n) is 2.79. The lowest BCUT2D eigenvalue weighted by molar-refractivity contribution is -0.274. The second-order valence-corrected chi connectivity index (χ2v) is 6.49. The first-order chi connectivity index (χ1) is 11.0. The molecule has 0 fully saturated rings. The average Bonchev–Trinajstić information content (AvgIpc) is 2.44. The van der Waals surface area contributed by atoms with Crippen LogP contribution < -0.4 is 10.5 Å². The second kappa shape index (κ2) is 8.19. The molecule has 2 rings (SSSR count). The maximum absolute atomic E-state index is 12.2. The molecule has 0 radical (unpaired) electrons. The van der Waals surface area contributed by atoms with Gasteiger partial charge in [0.1, 0.15) is 12.4 Å². The number of nitrogens with two attached hydrogens (primary N) is 1. The Hall–Kier alpha value is -2.02. The number of aliphatic imine (C=N–C) groups is 1. The summed E-state index contributed by atoms with van der Waals surface area (Å²) < 4.78 is 40.4. The highest BCUT2D eigenvalue weighted by atomic mass is 19.4. The van der Waals surface area contributed by atoms with Crippen LogP contribution in [0.1, 0.15) is 39.3 Å². The summed E-state index contributed by atoms with van der Waals surface area (Å²) >= 11 is 0. The first kappa shape index (κ1) is 20.0. The number of alkyl halides is 3. The molecule has 1 aliphatic heterocycles. The smallest absolute Gasteiger partial charge is 0.406 e. The molecular weight excluding hydrogens is 319 g/mol. The quantitative estimate of drug-likeness (QED) is 0.893. The second-order valence-electron chi connectivity index (χ2n) is 6.49. The highest BCUT2D eigenvalue weighted by Crippen LogP contribution is 2.28. The number of hydrogen-bond acceptors (Lipinski definition) is 4. The van der Waals surface area contributed by atoms with Crippen LogP contribution in [0.25, 0.3) is 0 Å². The van der Waals surface area contributed by atoms with Crippen molar-refractivity contribution in [2.24, 2.45) is 10.7 Å². The molecule has 0 spiro atoms. The number of hydrogen-bond donors (Lipinski definition) is 1. The molecule has 1 aromatic rings. The van der Waals surface area contributed by atoms with E-state index in [1.165, 1.54) is 12.1 Å². The van der Waals surface area contributed by atoms with Crippen molar-refractivity contribution in [1.82, 2.24) is 4.90 Å². The summed E-state index contributed by atoms with van der Waals surface area (Å²) in [6.07, 6.45) is 0.661. The van der Waals surface area contributed by atoms with Crippen molar-refractivity contribution >= 4 is 6.21 Å². The predicted molar refractivity (Wildman–Crippen MR) is 89.8 cm³/mol. The molecule has 1 unspecified atom stereocenters. The maximum atomic E-state index is 12.2. The van der Waals surface area contributed by atoms with Crippen molar-refractivity contribution in [1.29, 1.82) is 0 Å². The summed E-state index contributed by atoms with van der Waals surface area (Å²) in [6.45, 7) is 8.28. The Balaban J connectivity index is 0.000000505. The first-order valence-corrected chi connectivity index (χ1v) is 7.52. The van der Waals surface area contributed by atoms with Gasteiger partial charge in [-0.1, -0.05) is 12.1 Å². The van der Waals surface area contributed by atoms with Crippen molar-refractivity contribution in [2.45, 2.75) is 45.6 Å². The van der Waals surface area contributed by atoms with E-state index in [4.69, 9.17) is 5.73 Å². The SMILES string of the molecule is CC(C)(C)N.CC(c1cccc(OC(F)(F)F)c1)N1C=CC=NC1. The molecule has 24 heavy (non-hydrogen) atoms. The third-order valence-corrected chi connectivity index (χ3v) is 2.79. The van der Waals surface area contributed by atoms with Gasteiger partial charge in [-0.05, 0) is 51.5 Å². The van der Waals surface area contributed by atoms with Gasteiger partial charge in [-0.2, -0.15) is 0 Å². The molecule has 0 saturated heterocycles. The van der Waals surface area contributed by atoms with Gasteiger partial charge in [-0.15, -0.1) is 13.2 Å². The zero-order chi connectivity index (χ0) is 18.4. The molecule has 4 nitrogen and oxygen atoms in total. The first-order valence-electron chi connectivity index (χ1n) is 7.52. The number of nitrogens with zero attached hydrogens (tertiary/aromatic N) is 2. The summed E-state index contributed by atoms with van der Waals surface area (Å²) in [6, 6.07) is 5.91. The van der Waals surface area contributed by atoms with Crippen LogP contribution in [0.5, 0.6) is 5.75 Å². The molecule has 0 amide bonds. The van der Waals surface area contributed by atoms with E-state index >= 15 is 0 Å². The van der Waals surface area contributed by atoms with E-state index in [9.17, 15) is 13.2 Å². The number of rotatable bonds is 3. The van der Waals surface area contributed by atoms with Crippen LogP contribution in [0.3, 0.4) is 0 Å². The van der Waals surface area contributed by atoms with Gasteiger partial charge in [-0.25, -0.2) is 0 Å². The number of ether oxygens (including phenoxy) is 1. The van der Waals surface area contributed by atoms with Crippen LogP contribution in [0, 0.1) is 0 Å². The highest BCUT2D eigenvalue weighted by Gasteiger charge is 2.31. The summed E-state index contributed by atoms with van der Waals surface area (Å²) in [5.41, 5.74) is 6.09. The summed E-state index contributed by atoms with van der Waals surface area (Å²) in [7, 11) is 0.